The zero-order valence-electron chi connectivity index (χ0n) is 12.3. The summed E-state index contributed by atoms with van der Waals surface area (Å²) in [5.74, 6) is -0.817. The number of methoxy groups -OCH3 is 1. The summed E-state index contributed by atoms with van der Waals surface area (Å²) in [6.45, 7) is 1.88. The molecule has 1 atom stereocenters. The summed E-state index contributed by atoms with van der Waals surface area (Å²) in [5, 5.41) is 10.5. The number of halogens is 2. The quantitative estimate of drug-likeness (QED) is 0.857. The van der Waals surface area contributed by atoms with Crippen molar-refractivity contribution in [2.45, 2.75) is 19.3 Å². The molecule has 0 radical (unpaired) electrons. The molecule has 2 aromatic carbocycles. The smallest absolute Gasteiger partial charge is 0.311 e. The summed E-state index contributed by atoms with van der Waals surface area (Å²) in [6, 6.07) is 10.6. The van der Waals surface area contributed by atoms with Crippen LogP contribution in [0, 0.1) is 6.92 Å². The summed E-state index contributed by atoms with van der Waals surface area (Å²) >= 11 is 11.9. The second-order valence-electron chi connectivity index (χ2n) is 5.07. The highest BCUT2D eigenvalue weighted by Gasteiger charge is 2.22. The van der Waals surface area contributed by atoms with Crippen LogP contribution in [0.15, 0.2) is 36.4 Å². The van der Waals surface area contributed by atoms with Crippen molar-refractivity contribution in [3.05, 3.63) is 63.1 Å². The zero-order valence-corrected chi connectivity index (χ0v) is 13.8. The van der Waals surface area contributed by atoms with E-state index < -0.39 is 11.9 Å². The van der Waals surface area contributed by atoms with Crippen molar-refractivity contribution < 1.29 is 14.6 Å². The molecule has 5 heteroatoms. The van der Waals surface area contributed by atoms with Crippen LogP contribution in [0.5, 0.6) is 5.75 Å². The van der Waals surface area contributed by atoms with Crippen LogP contribution < -0.4 is 4.74 Å². The Hall–Kier alpha value is -1.71. The second-order valence-corrected chi connectivity index (χ2v) is 5.88. The van der Waals surface area contributed by atoms with Crippen molar-refractivity contribution in [3.8, 4) is 5.75 Å². The molecule has 0 amide bonds. The molecule has 2 aromatic rings. The van der Waals surface area contributed by atoms with E-state index in [2.05, 4.69) is 0 Å². The van der Waals surface area contributed by atoms with Gasteiger partial charge in [0.05, 0.1) is 23.1 Å². The monoisotopic (exact) mass is 338 g/mol. The molecule has 0 saturated carbocycles. The van der Waals surface area contributed by atoms with E-state index in [4.69, 9.17) is 27.9 Å². The van der Waals surface area contributed by atoms with Gasteiger partial charge in [-0.15, -0.1) is 0 Å². The second kappa shape index (κ2) is 7.03. The summed E-state index contributed by atoms with van der Waals surface area (Å²) in [5.41, 5.74) is 2.48. The number of aliphatic carboxylic acids is 1. The molecular formula is C17H16Cl2O3. The maximum atomic E-state index is 11.7. The fourth-order valence-corrected chi connectivity index (χ4v) is 2.72. The van der Waals surface area contributed by atoms with Gasteiger partial charge in [0.25, 0.3) is 0 Å². The highest BCUT2D eigenvalue weighted by molar-refractivity contribution is 6.42. The first-order valence-electron chi connectivity index (χ1n) is 6.73. The molecule has 3 nitrogen and oxygen atoms in total. The number of aryl methyl sites for hydroxylation is 1. The van der Waals surface area contributed by atoms with Gasteiger partial charge >= 0.3 is 5.97 Å². The first kappa shape index (κ1) is 16.7. The third-order valence-electron chi connectivity index (χ3n) is 3.57. The van der Waals surface area contributed by atoms with Crippen molar-refractivity contribution in [2.24, 2.45) is 0 Å². The van der Waals surface area contributed by atoms with Gasteiger partial charge in [0.1, 0.15) is 5.75 Å². The zero-order chi connectivity index (χ0) is 16.3. The molecule has 0 saturated heterocycles. The molecular weight excluding hydrogens is 323 g/mol. The van der Waals surface area contributed by atoms with Gasteiger partial charge in [0, 0.05) is 0 Å². The fourth-order valence-electron chi connectivity index (χ4n) is 2.40. The predicted octanol–water partition coefficient (Wildman–Crippen LogP) is 4.72. The Balaban J connectivity index is 2.34. The first-order chi connectivity index (χ1) is 10.4. The van der Waals surface area contributed by atoms with E-state index in [-0.39, 0.29) is 0 Å². The lowest BCUT2D eigenvalue weighted by Crippen LogP contribution is -2.15. The van der Waals surface area contributed by atoms with Gasteiger partial charge < -0.3 is 9.84 Å². The van der Waals surface area contributed by atoms with Gasteiger partial charge in [-0.25, -0.2) is 0 Å². The molecule has 0 fully saturated rings. The number of hydrogen-bond donors (Lipinski definition) is 1. The lowest BCUT2D eigenvalue weighted by Gasteiger charge is -2.16. The molecule has 0 heterocycles. The van der Waals surface area contributed by atoms with Crippen molar-refractivity contribution in [3.63, 3.8) is 0 Å². The maximum absolute atomic E-state index is 11.7. The number of benzene rings is 2. The van der Waals surface area contributed by atoms with Crippen molar-refractivity contribution in [2.75, 3.05) is 7.11 Å². The van der Waals surface area contributed by atoms with Gasteiger partial charge in [-0.1, -0.05) is 35.3 Å². The minimum atomic E-state index is -0.876. The van der Waals surface area contributed by atoms with E-state index >= 15 is 0 Å². The van der Waals surface area contributed by atoms with Gasteiger partial charge in [-0.2, -0.15) is 0 Å². The van der Waals surface area contributed by atoms with Gasteiger partial charge in [-0.3, -0.25) is 4.79 Å². The molecule has 2 rings (SSSR count). The average molecular weight is 339 g/mol. The number of carbonyl (C=O) groups is 1. The number of hydrogen-bond acceptors (Lipinski definition) is 2. The standard InChI is InChI=1S/C17H16Cl2O3/c1-10-7-12(22-2)4-5-13(10)14(17(20)21)8-11-3-6-15(18)16(19)9-11/h3-7,9,14H,8H2,1-2H3,(H,20,21). The van der Waals surface area contributed by atoms with E-state index in [0.29, 0.717) is 22.2 Å². The molecule has 0 spiro atoms. The summed E-state index contributed by atoms with van der Waals surface area (Å²) in [7, 11) is 1.58. The number of rotatable bonds is 5. The van der Waals surface area contributed by atoms with Crippen LogP contribution in [0.1, 0.15) is 22.6 Å². The number of carboxylic acids is 1. The molecule has 0 aromatic heterocycles. The molecule has 0 bridgehead atoms. The minimum Gasteiger partial charge on any atom is -0.497 e. The Morgan fingerprint density at radius 1 is 1.18 bits per heavy atom. The Kier molecular flexibility index (Phi) is 5.33. The molecule has 0 aliphatic carbocycles. The van der Waals surface area contributed by atoms with Crippen LogP contribution >= 0.6 is 23.2 Å². The van der Waals surface area contributed by atoms with Crippen LogP contribution in [0.3, 0.4) is 0 Å². The van der Waals surface area contributed by atoms with Gasteiger partial charge in [-0.05, 0) is 54.3 Å². The maximum Gasteiger partial charge on any atom is 0.311 e. The van der Waals surface area contributed by atoms with Gasteiger partial charge in [0.2, 0.25) is 0 Å². The van der Waals surface area contributed by atoms with Crippen molar-refractivity contribution in [1.29, 1.82) is 0 Å². The van der Waals surface area contributed by atoms with Crippen LogP contribution in [-0.2, 0) is 11.2 Å². The minimum absolute atomic E-state index is 0.347. The Bertz CT molecular complexity index is 698. The third-order valence-corrected chi connectivity index (χ3v) is 4.31. The SMILES string of the molecule is COc1ccc(C(Cc2ccc(Cl)c(Cl)c2)C(=O)O)c(C)c1. The molecule has 1 N–H and O–H groups in total. The van der Waals surface area contributed by atoms with E-state index in [9.17, 15) is 9.90 Å². The Morgan fingerprint density at radius 2 is 1.91 bits per heavy atom. The van der Waals surface area contributed by atoms with Crippen LogP contribution in [0.25, 0.3) is 0 Å². The number of ether oxygens (including phenoxy) is 1. The Morgan fingerprint density at radius 3 is 2.45 bits per heavy atom. The van der Waals surface area contributed by atoms with E-state index in [1.54, 1.807) is 37.4 Å². The summed E-state index contributed by atoms with van der Waals surface area (Å²) in [6.07, 6.45) is 0.347. The highest BCUT2D eigenvalue weighted by Crippen LogP contribution is 2.29. The molecule has 22 heavy (non-hydrogen) atoms. The largest absolute Gasteiger partial charge is 0.497 e. The van der Waals surface area contributed by atoms with Crippen LogP contribution in [0.2, 0.25) is 10.0 Å². The van der Waals surface area contributed by atoms with Crippen LogP contribution in [-0.4, -0.2) is 18.2 Å². The number of carboxylic acid groups (broad SMARTS) is 1. The molecule has 1 unspecified atom stereocenters. The lowest BCUT2D eigenvalue weighted by atomic mass is 9.89. The average Bonchev–Trinajstić information content (AvgIpc) is 2.48. The normalized spacial score (nSPS) is 12.0. The van der Waals surface area contributed by atoms with E-state index in [0.717, 1.165) is 16.7 Å². The summed E-state index contributed by atoms with van der Waals surface area (Å²) in [4.78, 5) is 11.7. The van der Waals surface area contributed by atoms with E-state index in [1.165, 1.54) is 0 Å². The van der Waals surface area contributed by atoms with Crippen molar-refractivity contribution in [1.82, 2.24) is 0 Å². The Labute approximate surface area is 139 Å². The topological polar surface area (TPSA) is 46.5 Å². The van der Waals surface area contributed by atoms with Crippen molar-refractivity contribution >= 4 is 29.2 Å². The van der Waals surface area contributed by atoms with Gasteiger partial charge in [0.15, 0.2) is 0 Å². The fraction of sp³-hybridized carbons (Fsp3) is 0.235. The molecule has 0 aliphatic rings. The first-order valence-corrected chi connectivity index (χ1v) is 7.49. The molecule has 116 valence electrons. The summed E-state index contributed by atoms with van der Waals surface area (Å²) < 4.78 is 5.16. The van der Waals surface area contributed by atoms with Crippen LogP contribution in [0.4, 0.5) is 0 Å². The van der Waals surface area contributed by atoms with E-state index in [1.807, 2.05) is 13.0 Å². The molecule has 0 aliphatic heterocycles. The highest BCUT2D eigenvalue weighted by atomic mass is 35.5. The third kappa shape index (κ3) is 3.73. The lowest BCUT2D eigenvalue weighted by molar-refractivity contribution is -0.138. The predicted molar refractivity (Wildman–Crippen MR) is 88.3 cm³/mol.